The Kier molecular flexibility index (Phi) is 4.89. The highest BCUT2D eigenvalue weighted by atomic mass is 16.5. The van der Waals surface area contributed by atoms with Crippen molar-refractivity contribution in [1.29, 1.82) is 0 Å². The van der Waals surface area contributed by atoms with Gasteiger partial charge in [0.15, 0.2) is 11.5 Å². The molecule has 1 aliphatic carbocycles. The van der Waals surface area contributed by atoms with Crippen molar-refractivity contribution in [3.05, 3.63) is 23.8 Å². The summed E-state index contributed by atoms with van der Waals surface area (Å²) >= 11 is 0. The quantitative estimate of drug-likeness (QED) is 0.742. The third kappa shape index (κ3) is 3.64. The predicted molar refractivity (Wildman–Crippen MR) is 79.4 cm³/mol. The lowest BCUT2D eigenvalue weighted by molar-refractivity contribution is 0.144. The summed E-state index contributed by atoms with van der Waals surface area (Å²) in [5.74, 6) is 1.51. The van der Waals surface area contributed by atoms with Crippen molar-refractivity contribution >= 4 is 0 Å². The second kappa shape index (κ2) is 6.46. The Balaban J connectivity index is 2.04. The second-order valence-electron chi connectivity index (χ2n) is 5.79. The van der Waals surface area contributed by atoms with Crippen molar-refractivity contribution in [3.8, 4) is 11.5 Å². The summed E-state index contributed by atoms with van der Waals surface area (Å²) in [4.78, 5) is 0. The first kappa shape index (κ1) is 15.1. The van der Waals surface area contributed by atoms with Crippen molar-refractivity contribution in [2.75, 3.05) is 27.4 Å². The van der Waals surface area contributed by atoms with E-state index < -0.39 is 0 Å². The van der Waals surface area contributed by atoms with Crippen LogP contribution in [0.15, 0.2) is 18.2 Å². The van der Waals surface area contributed by atoms with E-state index in [0.29, 0.717) is 18.6 Å². The van der Waals surface area contributed by atoms with Crippen LogP contribution in [-0.4, -0.2) is 33.5 Å². The third-order valence-corrected chi connectivity index (χ3v) is 4.16. The van der Waals surface area contributed by atoms with Gasteiger partial charge in [-0.2, -0.15) is 0 Å². The normalized spacial score (nSPS) is 17.6. The number of hydrogen-bond acceptors (Lipinski definition) is 4. The van der Waals surface area contributed by atoms with Gasteiger partial charge in [-0.3, -0.25) is 0 Å². The van der Waals surface area contributed by atoms with Crippen LogP contribution in [0.25, 0.3) is 0 Å². The van der Waals surface area contributed by atoms with Gasteiger partial charge in [-0.1, -0.05) is 13.0 Å². The Labute approximate surface area is 121 Å². The molecule has 0 heterocycles. The van der Waals surface area contributed by atoms with Gasteiger partial charge in [0.1, 0.15) is 6.61 Å². The molecular weight excluding hydrogens is 254 g/mol. The number of benzene rings is 1. The zero-order valence-corrected chi connectivity index (χ0v) is 12.6. The molecule has 1 fully saturated rings. The van der Waals surface area contributed by atoms with Crippen molar-refractivity contribution < 1.29 is 14.2 Å². The van der Waals surface area contributed by atoms with Gasteiger partial charge in [0, 0.05) is 13.2 Å². The van der Waals surface area contributed by atoms with E-state index in [-0.39, 0.29) is 6.04 Å². The van der Waals surface area contributed by atoms with Crippen LogP contribution in [0, 0.1) is 5.41 Å². The summed E-state index contributed by atoms with van der Waals surface area (Å²) in [6, 6.07) is 6.25. The van der Waals surface area contributed by atoms with Gasteiger partial charge in [-0.05, 0) is 42.4 Å². The molecule has 4 heteroatoms. The molecule has 112 valence electrons. The van der Waals surface area contributed by atoms with E-state index >= 15 is 0 Å². The van der Waals surface area contributed by atoms with E-state index in [0.717, 1.165) is 17.9 Å². The van der Waals surface area contributed by atoms with Gasteiger partial charge in [-0.15, -0.1) is 0 Å². The van der Waals surface area contributed by atoms with Crippen LogP contribution in [0.4, 0.5) is 0 Å². The van der Waals surface area contributed by atoms with E-state index in [9.17, 15) is 0 Å². The molecule has 4 nitrogen and oxygen atoms in total. The SMILES string of the molecule is COCCOc1cc(CC(N)C2(C)CC2)ccc1OC. The summed E-state index contributed by atoms with van der Waals surface area (Å²) in [5, 5.41) is 0. The van der Waals surface area contributed by atoms with Gasteiger partial charge in [0.05, 0.1) is 13.7 Å². The minimum absolute atomic E-state index is 0.211. The maximum Gasteiger partial charge on any atom is 0.161 e. The van der Waals surface area contributed by atoms with Gasteiger partial charge >= 0.3 is 0 Å². The Hall–Kier alpha value is -1.26. The molecular formula is C16H25NO3. The monoisotopic (exact) mass is 279 g/mol. The average Bonchev–Trinajstić information content (AvgIpc) is 3.19. The van der Waals surface area contributed by atoms with Crippen LogP contribution in [0.1, 0.15) is 25.3 Å². The molecule has 1 unspecified atom stereocenters. The molecule has 0 radical (unpaired) electrons. The molecule has 0 amide bonds. The van der Waals surface area contributed by atoms with Crippen molar-refractivity contribution in [3.63, 3.8) is 0 Å². The fourth-order valence-electron chi connectivity index (χ4n) is 2.26. The Bertz CT molecular complexity index is 443. The number of rotatable bonds is 8. The van der Waals surface area contributed by atoms with Crippen LogP contribution < -0.4 is 15.2 Å². The van der Waals surface area contributed by atoms with Crippen LogP contribution in [0.2, 0.25) is 0 Å². The van der Waals surface area contributed by atoms with Gasteiger partial charge in [-0.25, -0.2) is 0 Å². The number of hydrogen-bond donors (Lipinski definition) is 1. The lowest BCUT2D eigenvalue weighted by Gasteiger charge is -2.19. The molecule has 0 aliphatic heterocycles. The summed E-state index contributed by atoms with van der Waals surface area (Å²) in [5.41, 5.74) is 7.82. The molecule has 1 aliphatic rings. The van der Waals surface area contributed by atoms with E-state index in [2.05, 4.69) is 13.0 Å². The summed E-state index contributed by atoms with van der Waals surface area (Å²) < 4.78 is 16.0. The van der Waals surface area contributed by atoms with Crippen molar-refractivity contribution in [1.82, 2.24) is 0 Å². The molecule has 2 N–H and O–H groups in total. The van der Waals surface area contributed by atoms with Crippen LogP contribution in [0.5, 0.6) is 11.5 Å². The lowest BCUT2D eigenvalue weighted by atomic mass is 9.93. The van der Waals surface area contributed by atoms with Crippen molar-refractivity contribution in [2.45, 2.75) is 32.2 Å². The fourth-order valence-corrected chi connectivity index (χ4v) is 2.26. The molecule has 1 aromatic carbocycles. The lowest BCUT2D eigenvalue weighted by Crippen LogP contribution is -2.31. The largest absolute Gasteiger partial charge is 0.493 e. The molecule has 0 bridgehead atoms. The highest BCUT2D eigenvalue weighted by molar-refractivity contribution is 5.43. The maximum atomic E-state index is 6.30. The van der Waals surface area contributed by atoms with E-state index in [1.807, 2.05) is 12.1 Å². The summed E-state index contributed by atoms with van der Waals surface area (Å²) in [7, 11) is 3.31. The van der Waals surface area contributed by atoms with Crippen LogP contribution >= 0.6 is 0 Å². The molecule has 0 spiro atoms. The van der Waals surface area contributed by atoms with Gasteiger partial charge < -0.3 is 19.9 Å². The Morgan fingerprint density at radius 2 is 1.95 bits per heavy atom. The molecule has 1 aromatic rings. The molecule has 2 rings (SSSR count). The molecule has 1 atom stereocenters. The number of methoxy groups -OCH3 is 2. The molecule has 20 heavy (non-hydrogen) atoms. The Morgan fingerprint density at radius 3 is 2.55 bits per heavy atom. The highest BCUT2D eigenvalue weighted by Crippen LogP contribution is 2.48. The topological polar surface area (TPSA) is 53.7 Å². The third-order valence-electron chi connectivity index (χ3n) is 4.16. The summed E-state index contributed by atoms with van der Waals surface area (Å²) in [6.45, 7) is 3.34. The number of nitrogens with two attached hydrogens (primary N) is 1. The highest BCUT2D eigenvalue weighted by Gasteiger charge is 2.42. The zero-order valence-electron chi connectivity index (χ0n) is 12.6. The fraction of sp³-hybridized carbons (Fsp3) is 0.625. The second-order valence-corrected chi connectivity index (χ2v) is 5.79. The minimum atomic E-state index is 0.211. The molecule has 1 saturated carbocycles. The van der Waals surface area contributed by atoms with Crippen molar-refractivity contribution in [2.24, 2.45) is 11.1 Å². The smallest absolute Gasteiger partial charge is 0.161 e. The van der Waals surface area contributed by atoms with E-state index in [4.69, 9.17) is 19.9 Å². The maximum absolute atomic E-state index is 6.30. The number of ether oxygens (including phenoxy) is 3. The van der Waals surface area contributed by atoms with E-state index in [1.165, 1.54) is 18.4 Å². The van der Waals surface area contributed by atoms with Gasteiger partial charge in [0.25, 0.3) is 0 Å². The molecule has 0 saturated heterocycles. The van der Waals surface area contributed by atoms with Crippen LogP contribution in [0.3, 0.4) is 0 Å². The van der Waals surface area contributed by atoms with Crippen LogP contribution in [-0.2, 0) is 11.2 Å². The first-order valence-electron chi connectivity index (χ1n) is 7.13. The zero-order chi connectivity index (χ0) is 14.6. The standard InChI is InChI=1S/C16H25NO3/c1-16(6-7-16)15(17)11-12-4-5-13(19-3)14(10-12)20-9-8-18-2/h4-5,10,15H,6-9,11,17H2,1-3H3. The predicted octanol–water partition coefficient (Wildman–Crippen LogP) is 2.39. The minimum Gasteiger partial charge on any atom is -0.493 e. The first-order chi connectivity index (χ1) is 9.59. The Morgan fingerprint density at radius 1 is 1.20 bits per heavy atom. The van der Waals surface area contributed by atoms with E-state index in [1.54, 1.807) is 14.2 Å². The average molecular weight is 279 g/mol. The first-order valence-corrected chi connectivity index (χ1v) is 7.13. The summed E-state index contributed by atoms with van der Waals surface area (Å²) in [6.07, 6.45) is 3.35. The van der Waals surface area contributed by atoms with Gasteiger partial charge in [0.2, 0.25) is 0 Å². The molecule has 0 aromatic heterocycles.